The van der Waals surface area contributed by atoms with E-state index < -0.39 is 11.6 Å². The predicted octanol–water partition coefficient (Wildman–Crippen LogP) is 3.82. The van der Waals surface area contributed by atoms with Crippen molar-refractivity contribution in [3.8, 4) is 0 Å². The van der Waals surface area contributed by atoms with Gasteiger partial charge in [0.1, 0.15) is 0 Å². The average molecular weight is 457 g/mol. The van der Waals surface area contributed by atoms with Crippen molar-refractivity contribution in [3.63, 3.8) is 0 Å². The molecule has 1 aromatic carbocycles. The first-order valence-corrected chi connectivity index (χ1v) is 9.02. The first-order valence-electron chi connectivity index (χ1n) is 7.63. The Hall–Kier alpha value is -0.570. The summed E-state index contributed by atoms with van der Waals surface area (Å²) in [6.07, 6.45) is 4.72. The van der Waals surface area contributed by atoms with Gasteiger partial charge in [0.05, 0.1) is 0 Å². The third-order valence-corrected chi connectivity index (χ3v) is 3.79. The molecule has 0 atom stereocenters. The minimum absolute atomic E-state index is 0. The molecule has 0 bridgehead atoms. The van der Waals surface area contributed by atoms with Gasteiger partial charge in [-0.2, -0.15) is 11.8 Å². The number of nitrogens with zero attached hydrogens (tertiary/aromatic N) is 1. The lowest BCUT2D eigenvalue weighted by Gasteiger charge is -2.11. The lowest BCUT2D eigenvalue weighted by atomic mass is 10.1. The van der Waals surface area contributed by atoms with Crippen LogP contribution in [0.1, 0.15) is 25.3 Å². The summed E-state index contributed by atoms with van der Waals surface area (Å²) in [7, 11) is 0. The highest BCUT2D eigenvalue weighted by Gasteiger charge is 2.07. The van der Waals surface area contributed by atoms with Gasteiger partial charge < -0.3 is 10.6 Å². The van der Waals surface area contributed by atoms with Crippen molar-refractivity contribution in [1.82, 2.24) is 10.6 Å². The molecule has 2 N–H and O–H groups in total. The zero-order chi connectivity index (χ0) is 16.2. The highest BCUT2D eigenvalue weighted by atomic mass is 127. The summed E-state index contributed by atoms with van der Waals surface area (Å²) in [5.74, 6) is 0.317. The Kier molecular flexibility index (Phi) is 13.5. The van der Waals surface area contributed by atoms with Crippen molar-refractivity contribution >= 4 is 41.7 Å². The Bertz CT molecular complexity index is 473. The molecule has 3 nitrogen and oxygen atoms in total. The smallest absolute Gasteiger partial charge is 0.191 e. The van der Waals surface area contributed by atoms with Gasteiger partial charge in [-0.1, -0.05) is 12.1 Å². The number of hydrogen-bond acceptors (Lipinski definition) is 2. The fourth-order valence-corrected chi connectivity index (χ4v) is 2.44. The summed E-state index contributed by atoms with van der Waals surface area (Å²) < 4.78 is 26.7. The summed E-state index contributed by atoms with van der Waals surface area (Å²) in [5, 5.41) is 6.30. The van der Waals surface area contributed by atoms with Crippen molar-refractivity contribution in [2.24, 2.45) is 4.99 Å². The molecule has 0 aliphatic heterocycles. The third kappa shape index (κ3) is 9.34. The predicted molar refractivity (Wildman–Crippen MR) is 107 cm³/mol. The standard InChI is InChI=1S/C16H25F2N3S.HI/c1-3-19-16(20-10-4-5-12-22-2)21-11-9-13-7-6-8-14(17)15(13)18;/h6-8H,3-5,9-12H2,1-2H3,(H2,19,20,21);1H. The van der Waals surface area contributed by atoms with Gasteiger partial charge in [0, 0.05) is 19.6 Å². The van der Waals surface area contributed by atoms with Gasteiger partial charge in [-0.15, -0.1) is 24.0 Å². The van der Waals surface area contributed by atoms with Crippen LogP contribution in [0.25, 0.3) is 0 Å². The molecule has 1 aromatic rings. The topological polar surface area (TPSA) is 36.4 Å². The number of halogens is 3. The minimum atomic E-state index is -0.799. The van der Waals surface area contributed by atoms with Crippen molar-refractivity contribution in [2.75, 3.05) is 31.6 Å². The first kappa shape index (κ1) is 22.4. The molecular formula is C16H26F2IN3S. The Balaban J connectivity index is 0.00000484. The maximum Gasteiger partial charge on any atom is 0.191 e. The SMILES string of the molecule is CCNC(=NCCCCSC)NCCc1cccc(F)c1F.I. The van der Waals surface area contributed by atoms with Crippen LogP contribution < -0.4 is 10.6 Å². The zero-order valence-corrected chi connectivity index (χ0v) is 16.8. The Morgan fingerprint density at radius 1 is 1.22 bits per heavy atom. The van der Waals surface area contributed by atoms with Crippen molar-refractivity contribution < 1.29 is 8.78 Å². The van der Waals surface area contributed by atoms with Crippen molar-refractivity contribution in [3.05, 3.63) is 35.4 Å². The second-order valence-corrected chi connectivity index (χ2v) is 5.84. The number of benzene rings is 1. The molecule has 0 spiro atoms. The lowest BCUT2D eigenvalue weighted by molar-refractivity contribution is 0.498. The number of aliphatic imine (C=N–C) groups is 1. The first-order chi connectivity index (χ1) is 10.7. The van der Waals surface area contributed by atoms with Gasteiger partial charge in [-0.25, -0.2) is 8.78 Å². The molecule has 0 aromatic heterocycles. The van der Waals surface area contributed by atoms with E-state index >= 15 is 0 Å². The summed E-state index contributed by atoms with van der Waals surface area (Å²) in [6.45, 7) is 4.05. The molecule has 0 fully saturated rings. The van der Waals surface area contributed by atoms with Gasteiger partial charge >= 0.3 is 0 Å². The number of thioether (sulfide) groups is 1. The minimum Gasteiger partial charge on any atom is -0.357 e. The highest BCUT2D eigenvalue weighted by Crippen LogP contribution is 2.11. The molecule has 23 heavy (non-hydrogen) atoms. The summed E-state index contributed by atoms with van der Waals surface area (Å²) in [6, 6.07) is 4.26. The van der Waals surface area contributed by atoms with Gasteiger partial charge in [0.15, 0.2) is 17.6 Å². The molecule has 0 saturated heterocycles. The molecule has 7 heteroatoms. The molecule has 0 amide bonds. The fraction of sp³-hybridized carbons (Fsp3) is 0.562. The second kappa shape index (κ2) is 13.8. The van der Waals surface area contributed by atoms with Crippen LogP contribution in [-0.2, 0) is 6.42 Å². The fourth-order valence-electron chi connectivity index (χ4n) is 1.95. The van der Waals surface area contributed by atoms with E-state index in [0.29, 0.717) is 18.5 Å². The second-order valence-electron chi connectivity index (χ2n) is 4.85. The molecule has 0 saturated carbocycles. The van der Waals surface area contributed by atoms with Gasteiger partial charge in [-0.3, -0.25) is 4.99 Å². The highest BCUT2D eigenvalue weighted by molar-refractivity contribution is 14.0. The van der Waals surface area contributed by atoms with Gasteiger partial charge in [0.2, 0.25) is 0 Å². The van der Waals surface area contributed by atoms with E-state index in [1.54, 1.807) is 6.07 Å². The summed E-state index contributed by atoms with van der Waals surface area (Å²) in [4.78, 5) is 4.47. The van der Waals surface area contributed by atoms with E-state index in [0.717, 1.165) is 43.7 Å². The summed E-state index contributed by atoms with van der Waals surface area (Å²) >= 11 is 1.84. The number of nitrogens with one attached hydrogen (secondary N) is 2. The van der Waals surface area contributed by atoms with Crippen LogP contribution in [0.15, 0.2) is 23.2 Å². The van der Waals surface area contributed by atoms with E-state index in [2.05, 4.69) is 21.9 Å². The molecule has 0 aliphatic rings. The number of rotatable bonds is 9. The van der Waals surface area contributed by atoms with E-state index in [4.69, 9.17) is 0 Å². The van der Waals surface area contributed by atoms with Crippen LogP contribution in [0.2, 0.25) is 0 Å². The van der Waals surface area contributed by atoms with Gasteiger partial charge in [0.25, 0.3) is 0 Å². The van der Waals surface area contributed by atoms with Gasteiger partial charge in [-0.05, 0) is 49.8 Å². The maximum atomic E-state index is 13.5. The number of unbranched alkanes of at least 4 members (excludes halogenated alkanes) is 1. The molecule has 0 radical (unpaired) electrons. The number of guanidine groups is 1. The summed E-state index contributed by atoms with van der Waals surface area (Å²) in [5.41, 5.74) is 0.378. The molecule has 132 valence electrons. The Labute approximate surface area is 159 Å². The van der Waals surface area contributed by atoms with Crippen molar-refractivity contribution in [1.29, 1.82) is 0 Å². The van der Waals surface area contributed by atoms with Crippen LogP contribution >= 0.6 is 35.7 Å². The third-order valence-electron chi connectivity index (χ3n) is 3.09. The maximum absolute atomic E-state index is 13.5. The van der Waals surface area contributed by atoms with E-state index in [1.807, 2.05) is 18.7 Å². The average Bonchev–Trinajstić information content (AvgIpc) is 2.51. The Morgan fingerprint density at radius 3 is 2.70 bits per heavy atom. The van der Waals surface area contributed by atoms with Crippen LogP contribution in [0.3, 0.4) is 0 Å². The van der Waals surface area contributed by atoms with Crippen LogP contribution in [-0.4, -0.2) is 37.6 Å². The van der Waals surface area contributed by atoms with Crippen molar-refractivity contribution in [2.45, 2.75) is 26.2 Å². The Morgan fingerprint density at radius 2 is 2.00 bits per heavy atom. The zero-order valence-electron chi connectivity index (χ0n) is 13.7. The molecule has 1 rings (SSSR count). The monoisotopic (exact) mass is 457 g/mol. The van der Waals surface area contributed by atoms with Crippen LogP contribution in [0.5, 0.6) is 0 Å². The van der Waals surface area contributed by atoms with E-state index in [9.17, 15) is 8.78 Å². The molecule has 0 heterocycles. The quantitative estimate of drug-likeness (QED) is 0.256. The van der Waals surface area contributed by atoms with E-state index in [-0.39, 0.29) is 24.0 Å². The lowest BCUT2D eigenvalue weighted by Crippen LogP contribution is -2.38. The largest absolute Gasteiger partial charge is 0.357 e. The molecular weight excluding hydrogens is 431 g/mol. The van der Waals surface area contributed by atoms with E-state index in [1.165, 1.54) is 6.07 Å². The normalized spacial score (nSPS) is 11.0. The number of hydrogen-bond donors (Lipinski definition) is 2. The molecule has 0 unspecified atom stereocenters. The van der Waals surface area contributed by atoms with Crippen LogP contribution in [0.4, 0.5) is 8.78 Å². The van der Waals surface area contributed by atoms with Crippen LogP contribution in [0, 0.1) is 11.6 Å². The molecule has 0 aliphatic carbocycles.